The highest BCUT2D eigenvalue weighted by Gasteiger charge is 2.43. The number of benzene rings is 1. The molecule has 1 fully saturated rings. The summed E-state index contributed by atoms with van der Waals surface area (Å²) in [5.41, 5.74) is 5.28. The largest absolute Gasteiger partial charge is 0.461 e. The third kappa shape index (κ3) is 4.41. The number of nitrogens with two attached hydrogens (primary N) is 1. The maximum atomic E-state index is 15.1. The molecule has 3 rings (SSSR count). The Kier molecular flexibility index (Phi) is 5.32. The molecule has 1 unspecified atom stereocenters. The highest BCUT2D eigenvalue weighted by Crippen LogP contribution is 2.37. The van der Waals surface area contributed by atoms with E-state index in [9.17, 15) is 4.79 Å². The standard InChI is InChI=1S/C21H29FN4O2/c1-13(2)28-19(27)21(23,11-20(3,4)5)16-9-6-14(10-17(16)22)18-24-12-26(25-18)15-7-8-15/h6,9-10,12-13,15H,7-8,11,23H2,1-5H3. The van der Waals surface area contributed by atoms with Crippen molar-refractivity contribution in [3.63, 3.8) is 0 Å². The van der Waals surface area contributed by atoms with Crippen molar-refractivity contribution in [3.05, 3.63) is 35.9 Å². The lowest BCUT2D eigenvalue weighted by Crippen LogP contribution is -2.49. The maximum absolute atomic E-state index is 15.1. The Morgan fingerprint density at radius 2 is 2.04 bits per heavy atom. The summed E-state index contributed by atoms with van der Waals surface area (Å²) in [6, 6.07) is 5.00. The number of rotatable bonds is 6. The van der Waals surface area contributed by atoms with Crippen LogP contribution in [0.4, 0.5) is 4.39 Å². The molecular weight excluding hydrogens is 359 g/mol. The second kappa shape index (κ2) is 7.28. The number of carbonyl (C=O) groups is 1. The summed E-state index contributed by atoms with van der Waals surface area (Å²) in [5, 5.41) is 4.43. The predicted molar refractivity (Wildman–Crippen MR) is 105 cm³/mol. The highest BCUT2D eigenvalue weighted by atomic mass is 19.1. The number of ether oxygens (including phenoxy) is 1. The van der Waals surface area contributed by atoms with Crippen LogP contribution >= 0.6 is 0 Å². The first kappa shape index (κ1) is 20.5. The summed E-state index contributed by atoms with van der Waals surface area (Å²) in [5.74, 6) is -0.728. The number of nitrogens with zero attached hydrogens (tertiary/aromatic N) is 3. The lowest BCUT2D eigenvalue weighted by atomic mass is 9.76. The van der Waals surface area contributed by atoms with Gasteiger partial charge in [-0.1, -0.05) is 32.9 Å². The van der Waals surface area contributed by atoms with Gasteiger partial charge in [-0.15, -0.1) is 0 Å². The molecule has 1 atom stereocenters. The van der Waals surface area contributed by atoms with Crippen LogP contribution in [0.2, 0.25) is 0 Å². The average Bonchev–Trinajstić information content (AvgIpc) is 3.29. The van der Waals surface area contributed by atoms with Crippen LogP contribution in [0.3, 0.4) is 0 Å². The molecule has 1 aliphatic rings. The number of carbonyl (C=O) groups excluding carboxylic acids is 1. The molecular formula is C21H29FN4O2. The number of hydrogen-bond donors (Lipinski definition) is 1. The van der Waals surface area contributed by atoms with Gasteiger partial charge in [0.25, 0.3) is 0 Å². The third-order valence-corrected chi connectivity index (χ3v) is 4.65. The van der Waals surface area contributed by atoms with E-state index in [1.165, 1.54) is 6.07 Å². The van der Waals surface area contributed by atoms with Crippen molar-refractivity contribution in [3.8, 4) is 11.4 Å². The first-order chi connectivity index (χ1) is 13.0. The lowest BCUT2D eigenvalue weighted by molar-refractivity contribution is -0.156. The molecule has 1 aromatic carbocycles. The van der Waals surface area contributed by atoms with Crippen LogP contribution in [0, 0.1) is 11.2 Å². The second-order valence-corrected chi connectivity index (χ2v) is 9.14. The van der Waals surface area contributed by atoms with E-state index in [2.05, 4.69) is 10.1 Å². The minimum Gasteiger partial charge on any atom is -0.461 e. The summed E-state index contributed by atoms with van der Waals surface area (Å²) in [6.45, 7) is 9.36. The quantitative estimate of drug-likeness (QED) is 0.757. The van der Waals surface area contributed by atoms with Gasteiger partial charge in [0, 0.05) is 11.1 Å². The van der Waals surface area contributed by atoms with E-state index >= 15 is 4.39 Å². The van der Waals surface area contributed by atoms with Crippen molar-refractivity contribution in [2.45, 2.75) is 71.6 Å². The van der Waals surface area contributed by atoms with Crippen LogP contribution in [0.15, 0.2) is 24.5 Å². The van der Waals surface area contributed by atoms with Gasteiger partial charge >= 0.3 is 5.97 Å². The molecule has 1 saturated carbocycles. The van der Waals surface area contributed by atoms with Crippen LogP contribution in [0.25, 0.3) is 11.4 Å². The Morgan fingerprint density at radius 1 is 1.36 bits per heavy atom. The summed E-state index contributed by atoms with van der Waals surface area (Å²) in [7, 11) is 0. The molecule has 0 saturated heterocycles. The van der Waals surface area contributed by atoms with Crippen molar-refractivity contribution < 1.29 is 13.9 Å². The van der Waals surface area contributed by atoms with Gasteiger partial charge < -0.3 is 10.5 Å². The van der Waals surface area contributed by atoms with E-state index in [0.717, 1.165) is 12.8 Å². The Hall–Kier alpha value is -2.28. The SMILES string of the molecule is CC(C)OC(=O)C(N)(CC(C)(C)C)c1ccc(-c2ncn(C3CC3)n2)cc1F. The molecule has 1 aromatic heterocycles. The van der Waals surface area contributed by atoms with Crippen molar-refractivity contribution in [1.82, 2.24) is 14.8 Å². The van der Waals surface area contributed by atoms with E-state index in [0.29, 0.717) is 17.4 Å². The van der Waals surface area contributed by atoms with Crippen molar-refractivity contribution >= 4 is 5.97 Å². The summed E-state index contributed by atoms with van der Waals surface area (Å²) >= 11 is 0. The van der Waals surface area contributed by atoms with Crippen molar-refractivity contribution in [1.29, 1.82) is 0 Å². The minimum absolute atomic E-state index is 0.124. The topological polar surface area (TPSA) is 83.0 Å². The highest BCUT2D eigenvalue weighted by molar-refractivity contribution is 5.83. The third-order valence-electron chi connectivity index (χ3n) is 4.65. The Bertz CT molecular complexity index is 868. The van der Waals surface area contributed by atoms with Crippen LogP contribution in [0.5, 0.6) is 0 Å². The van der Waals surface area contributed by atoms with Gasteiger partial charge in [-0.2, -0.15) is 5.10 Å². The number of esters is 1. The zero-order chi connectivity index (χ0) is 20.7. The molecule has 0 aliphatic heterocycles. The Labute approximate surface area is 165 Å². The van der Waals surface area contributed by atoms with Crippen LogP contribution in [0.1, 0.15) is 65.5 Å². The van der Waals surface area contributed by atoms with E-state index in [4.69, 9.17) is 10.5 Å². The minimum atomic E-state index is -1.58. The Morgan fingerprint density at radius 3 is 2.57 bits per heavy atom. The monoisotopic (exact) mass is 388 g/mol. The molecule has 0 bridgehead atoms. The average molecular weight is 388 g/mol. The molecule has 0 radical (unpaired) electrons. The second-order valence-electron chi connectivity index (χ2n) is 9.14. The maximum Gasteiger partial charge on any atom is 0.331 e. The van der Waals surface area contributed by atoms with Gasteiger partial charge in [-0.25, -0.2) is 18.9 Å². The normalized spacial score (nSPS) is 16.9. The molecule has 1 aliphatic carbocycles. The van der Waals surface area contributed by atoms with E-state index in [-0.39, 0.29) is 23.5 Å². The molecule has 152 valence electrons. The lowest BCUT2D eigenvalue weighted by Gasteiger charge is -2.34. The van der Waals surface area contributed by atoms with Crippen molar-refractivity contribution in [2.24, 2.45) is 11.1 Å². The Balaban J connectivity index is 1.96. The molecule has 0 spiro atoms. The van der Waals surface area contributed by atoms with E-state index in [1.54, 1.807) is 32.3 Å². The molecule has 2 aromatic rings. The first-order valence-corrected chi connectivity index (χ1v) is 9.71. The molecule has 1 heterocycles. The van der Waals surface area contributed by atoms with Gasteiger partial charge in [0.05, 0.1) is 12.1 Å². The fraction of sp³-hybridized carbons (Fsp3) is 0.571. The number of aromatic nitrogens is 3. The summed E-state index contributed by atoms with van der Waals surface area (Å²) in [6.07, 6.45) is 3.77. The number of hydrogen-bond acceptors (Lipinski definition) is 5. The van der Waals surface area contributed by atoms with Gasteiger partial charge in [-0.3, -0.25) is 0 Å². The van der Waals surface area contributed by atoms with E-state index < -0.39 is 17.3 Å². The predicted octanol–water partition coefficient (Wildman–Crippen LogP) is 3.96. The molecule has 28 heavy (non-hydrogen) atoms. The van der Waals surface area contributed by atoms with Crippen molar-refractivity contribution in [2.75, 3.05) is 0 Å². The van der Waals surface area contributed by atoms with Crippen LogP contribution < -0.4 is 5.73 Å². The van der Waals surface area contributed by atoms with E-state index in [1.807, 2.05) is 25.5 Å². The fourth-order valence-corrected chi connectivity index (χ4v) is 3.37. The van der Waals surface area contributed by atoms with Gasteiger partial charge in [-0.05, 0) is 44.6 Å². The van der Waals surface area contributed by atoms with Crippen LogP contribution in [-0.2, 0) is 15.1 Å². The summed E-state index contributed by atoms with van der Waals surface area (Å²) < 4.78 is 22.3. The zero-order valence-corrected chi connectivity index (χ0v) is 17.2. The van der Waals surface area contributed by atoms with Gasteiger partial charge in [0.15, 0.2) is 5.82 Å². The van der Waals surface area contributed by atoms with Gasteiger partial charge in [0.1, 0.15) is 17.7 Å². The fourth-order valence-electron chi connectivity index (χ4n) is 3.37. The molecule has 6 nitrogen and oxygen atoms in total. The van der Waals surface area contributed by atoms with Crippen LogP contribution in [-0.4, -0.2) is 26.8 Å². The zero-order valence-electron chi connectivity index (χ0n) is 17.2. The van der Waals surface area contributed by atoms with Gasteiger partial charge in [0.2, 0.25) is 0 Å². The molecule has 2 N–H and O–H groups in total. The molecule has 7 heteroatoms. The smallest absolute Gasteiger partial charge is 0.331 e. The first-order valence-electron chi connectivity index (χ1n) is 9.71. The molecule has 0 amide bonds. The number of halogens is 1. The summed E-state index contributed by atoms with van der Waals surface area (Å²) in [4.78, 5) is 17.1.